The van der Waals surface area contributed by atoms with Crippen molar-refractivity contribution in [1.29, 1.82) is 0 Å². The van der Waals surface area contributed by atoms with Crippen LogP contribution in [-0.4, -0.2) is 12.3 Å². The van der Waals surface area contributed by atoms with Gasteiger partial charge in [0.05, 0.1) is 5.70 Å². The summed E-state index contributed by atoms with van der Waals surface area (Å²) in [4.78, 5) is 16.6. The van der Waals surface area contributed by atoms with E-state index in [1.54, 1.807) is 12.2 Å². The molecule has 2 rings (SSSR count). The number of hydrogen-bond acceptors (Lipinski definition) is 4. The summed E-state index contributed by atoms with van der Waals surface area (Å²) in [5.41, 5.74) is 11.2. The van der Waals surface area contributed by atoms with Gasteiger partial charge in [-0.2, -0.15) is 0 Å². The van der Waals surface area contributed by atoms with Gasteiger partial charge in [-0.25, -0.2) is 5.48 Å². The van der Waals surface area contributed by atoms with Crippen molar-refractivity contribution >= 4 is 18.2 Å². The van der Waals surface area contributed by atoms with E-state index in [0.717, 1.165) is 29.0 Å². The molecule has 5 heteroatoms. The minimum atomic E-state index is 0. The van der Waals surface area contributed by atoms with Crippen LogP contribution in [0.2, 0.25) is 0 Å². The highest BCUT2D eigenvalue weighted by Crippen LogP contribution is 2.30. The second kappa shape index (κ2) is 5.18. The van der Waals surface area contributed by atoms with Crippen molar-refractivity contribution in [2.75, 3.05) is 6.54 Å². The zero-order chi connectivity index (χ0) is 10.8. The molecule has 0 aromatic heterocycles. The molecule has 0 bridgehead atoms. The highest BCUT2D eigenvalue weighted by atomic mass is 35.5. The first kappa shape index (κ1) is 12.8. The van der Waals surface area contributed by atoms with Crippen molar-refractivity contribution in [2.45, 2.75) is 19.8 Å². The lowest BCUT2D eigenvalue weighted by atomic mass is 9.95. The molecule has 0 unspecified atom stereocenters. The molecule has 16 heavy (non-hydrogen) atoms. The van der Waals surface area contributed by atoms with Crippen LogP contribution in [0.1, 0.15) is 19.8 Å². The predicted octanol–water partition coefficient (Wildman–Crippen LogP) is 1.35. The molecular weight excluding hydrogens is 228 g/mol. The molecule has 4 nitrogen and oxygen atoms in total. The number of carbonyl (C=O) groups is 1. The van der Waals surface area contributed by atoms with Crippen molar-refractivity contribution in [2.24, 2.45) is 5.73 Å². The van der Waals surface area contributed by atoms with Gasteiger partial charge in [-0.05, 0) is 31.2 Å². The quantitative estimate of drug-likeness (QED) is 0.767. The molecule has 88 valence electrons. The second-order valence-electron chi connectivity index (χ2n) is 3.64. The first-order chi connectivity index (χ1) is 7.22. The van der Waals surface area contributed by atoms with E-state index < -0.39 is 0 Å². The van der Waals surface area contributed by atoms with Crippen molar-refractivity contribution in [1.82, 2.24) is 5.48 Å². The summed E-state index contributed by atoms with van der Waals surface area (Å²) in [6, 6.07) is 0. The molecule has 0 spiro atoms. The van der Waals surface area contributed by atoms with E-state index in [9.17, 15) is 4.79 Å². The molecule has 0 saturated heterocycles. The minimum absolute atomic E-state index is 0. The Labute approximate surface area is 101 Å². The number of hydrogen-bond donors (Lipinski definition) is 2. The van der Waals surface area contributed by atoms with Crippen LogP contribution >= 0.6 is 12.4 Å². The van der Waals surface area contributed by atoms with Gasteiger partial charge in [0.2, 0.25) is 0 Å². The summed E-state index contributed by atoms with van der Waals surface area (Å²) >= 11 is 0. The van der Waals surface area contributed by atoms with E-state index in [4.69, 9.17) is 10.6 Å². The largest absolute Gasteiger partial charge is 0.382 e. The average Bonchev–Trinajstić information content (AvgIpc) is 2.23. The normalized spacial score (nSPS) is 18.8. The number of carbonyl (C=O) groups excluding carboxylic acids is 1. The molecule has 1 aliphatic heterocycles. The lowest BCUT2D eigenvalue weighted by Crippen LogP contribution is -2.26. The molecule has 0 aromatic carbocycles. The van der Waals surface area contributed by atoms with Crippen molar-refractivity contribution in [3.63, 3.8) is 0 Å². The Hall–Kier alpha value is -1.26. The van der Waals surface area contributed by atoms with Gasteiger partial charge in [-0.3, -0.25) is 4.79 Å². The standard InChI is InChI=1S/C11H14N2O2.ClH/c1-7-9-6-8(14)2-3-11(9)15-13-10(7)4-5-12;/h3,6,13H,2,4-5,12H2,1H3;1H. The topological polar surface area (TPSA) is 64.3 Å². The maximum Gasteiger partial charge on any atom is 0.160 e. The number of ketones is 1. The van der Waals surface area contributed by atoms with E-state index in [1.807, 2.05) is 6.92 Å². The number of nitrogens with two attached hydrogens (primary N) is 1. The predicted molar refractivity (Wildman–Crippen MR) is 63.6 cm³/mol. The third kappa shape index (κ3) is 2.28. The van der Waals surface area contributed by atoms with Gasteiger partial charge in [0, 0.05) is 18.4 Å². The highest BCUT2D eigenvalue weighted by Gasteiger charge is 2.23. The Morgan fingerprint density at radius 3 is 3.00 bits per heavy atom. The number of rotatable bonds is 2. The molecule has 0 amide bonds. The van der Waals surface area contributed by atoms with Crippen molar-refractivity contribution in [3.05, 3.63) is 34.8 Å². The lowest BCUT2D eigenvalue weighted by molar-refractivity contribution is -0.114. The van der Waals surface area contributed by atoms with Crippen LogP contribution in [0.15, 0.2) is 34.8 Å². The summed E-state index contributed by atoms with van der Waals surface area (Å²) in [7, 11) is 0. The fourth-order valence-electron chi connectivity index (χ4n) is 1.72. The molecule has 0 radical (unpaired) electrons. The van der Waals surface area contributed by atoms with Crippen LogP contribution in [0, 0.1) is 0 Å². The summed E-state index contributed by atoms with van der Waals surface area (Å²) in [5, 5.41) is 0. The number of nitrogens with one attached hydrogen (secondary N) is 1. The van der Waals surface area contributed by atoms with Crippen LogP contribution in [0.5, 0.6) is 0 Å². The molecule has 1 heterocycles. The Bertz CT molecular complexity index is 397. The van der Waals surface area contributed by atoms with Gasteiger partial charge >= 0.3 is 0 Å². The molecule has 1 aliphatic carbocycles. The van der Waals surface area contributed by atoms with Gasteiger partial charge < -0.3 is 10.6 Å². The maximum absolute atomic E-state index is 11.3. The number of fused-ring (bicyclic) bond motifs is 1. The van der Waals surface area contributed by atoms with Crippen LogP contribution in [-0.2, 0) is 9.63 Å². The fraction of sp³-hybridized carbons (Fsp3) is 0.364. The summed E-state index contributed by atoms with van der Waals surface area (Å²) in [6.45, 7) is 2.53. The molecular formula is C11H15ClN2O2. The summed E-state index contributed by atoms with van der Waals surface area (Å²) in [6.07, 6.45) is 4.58. The van der Waals surface area contributed by atoms with E-state index in [2.05, 4.69) is 5.48 Å². The van der Waals surface area contributed by atoms with Crippen LogP contribution < -0.4 is 11.2 Å². The minimum Gasteiger partial charge on any atom is -0.382 e. The third-order valence-corrected chi connectivity index (χ3v) is 2.59. The molecule has 3 N–H and O–H groups in total. The Kier molecular flexibility index (Phi) is 4.15. The van der Waals surface area contributed by atoms with E-state index in [1.165, 1.54) is 0 Å². The Balaban J connectivity index is 0.00000128. The summed E-state index contributed by atoms with van der Waals surface area (Å²) in [5.74, 6) is 0.860. The van der Waals surface area contributed by atoms with E-state index >= 15 is 0 Å². The molecule has 0 fully saturated rings. The van der Waals surface area contributed by atoms with Crippen LogP contribution in [0.4, 0.5) is 0 Å². The lowest BCUT2D eigenvalue weighted by Gasteiger charge is -2.26. The van der Waals surface area contributed by atoms with E-state index in [-0.39, 0.29) is 18.2 Å². The van der Waals surface area contributed by atoms with Crippen LogP contribution in [0.3, 0.4) is 0 Å². The average molecular weight is 243 g/mol. The first-order valence-electron chi connectivity index (χ1n) is 5.00. The molecule has 0 saturated carbocycles. The first-order valence-corrected chi connectivity index (χ1v) is 5.00. The van der Waals surface area contributed by atoms with Gasteiger partial charge in [0.1, 0.15) is 0 Å². The van der Waals surface area contributed by atoms with E-state index in [0.29, 0.717) is 13.0 Å². The second-order valence-corrected chi connectivity index (χ2v) is 3.64. The molecule has 0 atom stereocenters. The molecule has 0 aromatic rings. The Morgan fingerprint density at radius 1 is 1.56 bits per heavy atom. The smallest absolute Gasteiger partial charge is 0.160 e. The maximum atomic E-state index is 11.3. The fourth-order valence-corrected chi connectivity index (χ4v) is 1.72. The van der Waals surface area contributed by atoms with Crippen molar-refractivity contribution in [3.8, 4) is 0 Å². The monoisotopic (exact) mass is 242 g/mol. The summed E-state index contributed by atoms with van der Waals surface area (Å²) < 4.78 is 0. The zero-order valence-electron chi connectivity index (χ0n) is 9.08. The molecule has 2 aliphatic rings. The highest BCUT2D eigenvalue weighted by molar-refractivity contribution is 5.94. The van der Waals surface area contributed by atoms with Crippen molar-refractivity contribution < 1.29 is 9.63 Å². The van der Waals surface area contributed by atoms with Gasteiger partial charge in [-0.15, -0.1) is 12.4 Å². The van der Waals surface area contributed by atoms with Gasteiger partial charge in [0.15, 0.2) is 11.5 Å². The SMILES string of the molecule is CC1=C(CCN)NOC2=CCC(=O)C=C21.Cl. The van der Waals surface area contributed by atoms with Gasteiger partial charge in [0.25, 0.3) is 0 Å². The number of hydroxylamine groups is 1. The number of allylic oxidation sites excluding steroid dienone is 3. The van der Waals surface area contributed by atoms with Gasteiger partial charge in [-0.1, -0.05) is 0 Å². The third-order valence-electron chi connectivity index (χ3n) is 2.59. The van der Waals surface area contributed by atoms with Crippen LogP contribution in [0.25, 0.3) is 0 Å². The number of halogens is 1. The zero-order valence-corrected chi connectivity index (χ0v) is 9.89. The Morgan fingerprint density at radius 2 is 2.31 bits per heavy atom.